The Kier molecular flexibility index (Phi) is 4.82. The van der Waals surface area contributed by atoms with Crippen molar-refractivity contribution in [2.45, 2.75) is 12.5 Å². The molecular formula is C13H15N3O3. The first kappa shape index (κ1) is 14.4. The van der Waals surface area contributed by atoms with Gasteiger partial charge in [-0.25, -0.2) is 4.79 Å². The van der Waals surface area contributed by atoms with Crippen molar-refractivity contribution in [2.75, 3.05) is 0 Å². The van der Waals surface area contributed by atoms with Gasteiger partial charge in [0.1, 0.15) is 11.9 Å². The molecule has 0 aromatic heterocycles. The molecule has 0 saturated heterocycles. The van der Waals surface area contributed by atoms with E-state index in [2.05, 4.69) is 11.9 Å². The highest BCUT2D eigenvalue weighted by Gasteiger charge is 2.19. The number of carboxylic acid groups (broad SMARTS) is 1. The number of rotatable bonds is 6. The molecule has 5 N–H and O–H groups in total. The molecule has 1 aromatic carbocycles. The average Bonchev–Trinajstić information content (AvgIpc) is 2.38. The molecule has 0 unspecified atom stereocenters. The van der Waals surface area contributed by atoms with Crippen LogP contribution in [-0.4, -0.2) is 28.9 Å². The van der Waals surface area contributed by atoms with Crippen LogP contribution < -0.4 is 11.1 Å². The minimum Gasteiger partial charge on any atom is -0.480 e. The second-order valence-electron chi connectivity index (χ2n) is 3.92. The van der Waals surface area contributed by atoms with Gasteiger partial charge in [-0.05, 0) is 11.6 Å². The van der Waals surface area contributed by atoms with E-state index in [9.17, 15) is 9.59 Å². The van der Waals surface area contributed by atoms with Crippen molar-refractivity contribution in [3.8, 4) is 0 Å². The summed E-state index contributed by atoms with van der Waals surface area (Å²) >= 11 is 0. The van der Waals surface area contributed by atoms with Crippen LogP contribution in [0.1, 0.15) is 11.1 Å². The molecular weight excluding hydrogens is 246 g/mol. The third-order valence-electron chi connectivity index (χ3n) is 2.50. The molecule has 0 fully saturated rings. The van der Waals surface area contributed by atoms with E-state index in [1.165, 1.54) is 0 Å². The maximum Gasteiger partial charge on any atom is 0.326 e. The fourth-order valence-electron chi connectivity index (χ4n) is 1.49. The second kappa shape index (κ2) is 6.34. The normalized spacial score (nSPS) is 11.4. The van der Waals surface area contributed by atoms with Crippen LogP contribution >= 0.6 is 0 Å². The third-order valence-corrected chi connectivity index (χ3v) is 2.50. The number of carbonyl (C=O) groups excluding carboxylic acids is 1. The molecule has 0 spiro atoms. The predicted molar refractivity (Wildman–Crippen MR) is 70.9 cm³/mol. The van der Waals surface area contributed by atoms with E-state index in [0.717, 1.165) is 11.6 Å². The zero-order valence-corrected chi connectivity index (χ0v) is 10.2. The highest BCUT2D eigenvalue weighted by Crippen LogP contribution is 2.07. The number of hydrogen-bond acceptors (Lipinski definition) is 3. The molecule has 0 heterocycles. The summed E-state index contributed by atoms with van der Waals surface area (Å²) in [6.45, 7) is 3.27. The zero-order chi connectivity index (χ0) is 14.4. The van der Waals surface area contributed by atoms with E-state index in [1.54, 1.807) is 24.3 Å². The second-order valence-corrected chi connectivity index (χ2v) is 3.92. The summed E-state index contributed by atoms with van der Waals surface area (Å²) in [5.74, 6) is -1.71. The van der Waals surface area contributed by atoms with Gasteiger partial charge in [0, 0.05) is 12.0 Å². The summed E-state index contributed by atoms with van der Waals surface area (Å²) in [6.07, 6.45) is 1.17. The first-order chi connectivity index (χ1) is 8.93. The van der Waals surface area contributed by atoms with E-state index >= 15 is 0 Å². The van der Waals surface area contributed by atoms with E-state index in [1.807, 2.05) is 0 Å². The number of benzene rings is 1. The Labute approximate surface area is 110 Å². The highest BCUT2D eigenvalue weighted by molar-refractivity contribution is 5.95. The number of nitrogen functional groups attached to an aromatic ring is 1. The van der Waals surface area contributed by atoms with Crippen molar-refractivity contribution in [3.05, 3.63) is 48.0 Å². The predicted octanol–water partition coefficient (Wildman–Crippen LogP) is 0.269. The number of nitrogens with one attached hydrogen (secondary N) is 2. The van der Waals surface area contributed by atoms with Crippen molar-refractivity contribution in [3.63, 3.8) is 0 Å². The Balaban J connectivity index is 2.79. The van der Waals surface area contributed by atoms with E-state index in [4.69, 9.17) is 16.2 Å². The van der Waals surface area contributed by atoms with Gasteiger partial charge in [-0.15, -0.1) is 0 Å². The molecule has 0 saturated carbocycles. The Bertz CT molecular complexity index is 508. The van der Waals surface area contributed by atoms with Gasteiger partial charge in [-0.3, -0.25) is 10.2 Å². The Morgan fingerprint density at radius 1 is 1.42 bits per heavy atom. The monoisotopic (exact) mass is 261 g/mol. The summed E-state index contributed by atoms with van der Waals surface area (Å²) in [7, 11) is 0. The molecule has 0 bridgehead atoms. The van der Waals surface area contributed by atoms with Gasteiger partial charge in [0.25, 0.3) is 0 Å². The zero-order valence-electron chi connectivity index (χ0n) is 10.2. The molecule has 19 heavy (non-hydrogen) atoms. The van der Waals surface area contributed by atoms with Crippen LogP contribution in [0.15, 0.2) is 36.9 Å². The molecule has 0 aliphatic heterocycles. The lowest BCUT2D eigenvalue weighted by Gasteiger charge is -2.13. The third kappa shape index (κ3) is 4.27. The van der Waals surface area contributed by atoms with Gasteiger partial charge in [-0.2, -0.15) is 0 Å². The molecule has 0 radical (unpaired) electrons. The van der Waals surface area contributed by atoms with Crippen molar-refractivity contribution in [2.24, 2.45) is 5.73 Å². The number of carbonyl (C=O) groups is 2. The number of amides is 1. The summed E-state index contributed by atoms with van der Waals surface area (Å²) in [5.41, 5.74) is 6.60. The Morgan fingerprint density at radius 2 is 2.00 bits per heavy atom. The first-order valence-electron chi connectivity index (χ1n) is 5.53. The van der Waals surface area contributed by atoms with Crippen LogP contribution in [0.3, 0.4) is 0 Å². The van der Waals surface area contributed by atoms with Crippen LogP contribution in [0.25, 0.3) is 0 Å². The van der Waals surface area contributed by atoms with Crippen LogP contribution in [0.5, 0.6) is 0 Å². The van der Waals surface area contributed by atoms with Crippen molar-refractivity contribution >= 4 is 17.7 Å². The number of amidine groups is 1. The largest absolute Gasteiger partial charge is 0.480 e. The summed E-state index contributed by atoms with van der Waals surface area (Å²) in [5, 5.41) is 18.6. The minimum atomic E-state index is -1.12. The standard InChI is InChI=1S/C13H15N3O3/c1-2-11(17)16-10(13(18)19)7-8-3-5-9(6-4-8)12(14)15/h2-6,10H,1,7H2,(H3,14,15)(H,16,17)(H,18,19)/t10-/m0/s1. The molecule has 1 atom stereocenters. The summed E-state index contributed by atoms with van der Waals surface area (Å²) in [6, 6.07) is 5.59. The van der Waals surface area contributed by atoms with E-state index in [-0.39, 0.29) is 12.3 Å². The summed E-state index contributed by atoms with van der Waals surface area (Å²) < 4.78 is 0. The maximum absolute atomic E-state index is 11.1. The van der Waals surface area contributed by atoms with Crippen molar-refractivity contribution < 1.29 is 14.7 Å². The van der Waals surface area contributed by atoms with Gasteiger partial charge in [0.2, 0.25) is 5.91 Å². The molecule has 6 nitrogen and oxygen atoms in total. The molecule has 1 aromatic rings. The van der Waals surface area contributed by atoms with Gasteiger partial charge >= 0.3 is 5.97 Å². The highest BCUT2D eigenvalue weighted by atomic mass is 16.4. The van der Waals surface area contributed by atoms with Gasteiger partial charge < -0.3 is 16.2 Å². The topological polar surface area (TPSA) is 116 Å². The summed E-state index contributed by atoms with van der Waals surface area (Å²) in [4.78, 5) is 22.2. The molecule has 100 valence electrons. The number of hydrogen-bond donors (Lipinski definition) is 4. The van der Waals surface area contributed by atoms with Crippen molar-refractivity contribution in [1.29, 1.82) is 5.41 Å². The van der Waals surface area contributed by atoms with E-state index < -0.39 is 17.9 Å². The van der Waals surface area contributed by atoms with Crippen LogP contribution in [0.2, 0.25) is 0 Å². The average molecular weight is 261 g/mol. The first-order valence-corrected chi connectivity index (χ1v) is 5.53. The number of aliphatic carboxylic acids is 1. The lowest BCUT2D eigenvalue weighted by atomic mass is 10.0. The fraction of sp³-hybridized carbons (Fsp3) is 0.154. The molecule has 0 aliphatic rings. The van der Waals surface area contributed by atoms with Gasteiger partial charge in [0.15, 0.2) is 0 Å². The van der Waals surface area contributed by atoms with Crippen LogP contribution in [0.4, 0.5) is 0 Å². The lowest BCUT2D eigenvalue weighted by molar-refractivity contribution is -0.141. The smallest absolute Gasteiger partial charge is 0.326 e. The van der Waals surface area contributed by atoms with Crippen molar-refractivity contribution in [1.82, 2.24) is 5.32 Å². The Morgan fingerprint density at radius 3 is 2.42 bits per heavy atom. The lowest BCUT2D eigenvalue weighted by Crippen LogP contribution is -2.41. The number of nitrogens with two attached hydrogens (primary N) is 1. The van der Waals surface area contributed by atoms with Gasteiger partial charge in [0.05, 0.1) is 0 Å². The molecule has 6 heteroatoms. The molecule has 0 aliphatic carbocycles. The molecule has 1 amide bonds. The minimum absolute atomic E-state index is 0.0544. The molecule has 1 rings (SSSR count). The van der Waals surface area contributed by atoms with E-state index in [0.29, 0.717) is 5.56 Å². The van der Waals surface area contributed by atoms with Gasteiger partial charge in [-0.1, -0.05) is 30.8 Å². The Hall–Kier alpha value is -2.63. The van der Waals surface area contributed by atoms with Crippen LogP contribution in [0, 0.1) is 5.41 Å². The maximum atomic E-state index is 11.1. The number of carboxylic acids is 1. The van der Waals surface area contributed by atoms with Crippen LogP contribution in [-0.2, 0) is 16.0 Å². The SMILES string of the molecule is C=CC(=O)N[C@@H](Cc1ccc(C(=N)N)cc1)C(=O)O. The quantitative estimate of drug-likeness (QED) is 0.334. The fourth-order valence-corrected chi connectivity index (χ4v) is 1.49.